The van der Waals surface area contributed by atoms with Gasteiger partial charge in [0.05, 0.1) is 17.4 Å². The first-order valence-corrected chi connectivity index (χ1v) is 6.53. The Kier molecular flexibility index (Phi) is 4.26. The summed E-state index contributed by atoms with van der Waals surface area (Å²) in [6.45, 7) is 1.80. The third-order valence-corrected chi connectivity index (χ3v) is 3.42. The van der Waals surface area contributed by atoms with E-state index in [1.54, 1.807) is 13.0 Å². The molecule has 8 heteroatoms. The van der Waals surface area contributed by atoms with Crippen LogP contribution in [0.1, 0.15) is 21.6 Å². The van der Waals surface area contributed by atoms with Crippen molar-refractivity contribution in [2.75, 3.05) is 5.32 Å². The Hall–Kier alpha value is -1.96. The fourth-order valence-corrected chi connectivity index (χ4v) is 1.74. The Morgan fingerprint density at radius 3 is 2.48 bits per heavy atom. The molecule has 2 heterocycles. The lowest BCUT2D eigenvalue weighted by Crippen LogP contribution is -2.14. The van der Waals surface area contributed by atoms with Crippen molar-refractivity contribution in [2.24, 2.45) is 0 Å². The van der Waals surface area contributed by atoms with E-state index in [1.165, 1.54) is 6.20 Å². The molecule has 0 saturated heterocycles. The van der Waals surface area contributed by atoms with Crippen molar-refractivity contribution in [3.63, 3.8) is 0 Å². The molecule has 0 fully saturated rings. The van der Waals surface area contributed by atoms with Gasteiger partial charge in [0.25, 0.3) is 5.91 Å². The molecule has 2 rings (SSSR count). The van der Waals surface area contributed by atoms with E-state index >= 15 is 0 Å². The molecule has 110 valence electrons. The lowest BCUT2D eigenvalue weighted by atomic mass is 10.2. The van der Waals surface area contributed by atoms with E-state index in [-0.39, 0.29) is 5.56 Å². The second kappa shape index (κ2) is 5.80. The normalized spacial score (nSPS) is 11.3. The van der Waals surface area contributed by atoms with Gasteiger partial charge in [-0.05, 0) is 46.6 Å². The van der Waals surface area contributed by atoms with E-state index in [4.69, 9.17) is 0 Å². The number of aromatic nitrogens is 2. The first-order valence-electron chi connectivity index (χ1n) is 5.74. The topological polar surface area (TPSA) is 54.9 Å². The van der Waals surface area contributed by atoms with Crippen LogP contribution in [0.5, 0.6) is 0 Å². The molecule has 0 aliphatic carbocycles. The van der Waals surface area contributed by atoms with Gasteiger partial charge < -0.3 is 5.32 Å². The number of amides is 1. The Morgan fingerprint density at radius 1 is 1.24 bits per heavy atom. The van der Waals surface area contributed by atoms with Gasteiger partial charge >= 0.3 is 6.18 Å². The van der Waals surface area contributed by atoms with Crippen LogP contribution in [-0.4, -0.2) is 15.9 Å². The van der Waals surface area contributed by atoms with Crippen LogP contribution in [0, 0.1) is 6.92 Å². The van der Waals surface area contributed by atoms with Crippen LogP contribution in [0.4, 0.5) is 18.9 Å². The number of anilines is 1. The van der Waals surface area contributed by atoms with Crippen molar-refractivity contribution in [3.8, 4) is 0 Å². The number of aryl methyl sites for hydroxylation is 1. The number of carbonyl (C=O) groups excluding carboxylic acids is 1. The fraction of sp³-hybridized carbons (Fsp3) is 0.154. The van der Waals surface area contributed by atoms with E-state index in [9.17, 15) is 18.0 Å². The van der Waals surface area contributed by atoms with Crippen molar-refractivity contribution < 1.29 is 18.0 Å². The van der Waals surface area contributed by atoms with E-state index in [1.807, 2.05) is 0 Å². The van der Waals surface area contributed by atoms with E-state index in [0.717, 1.165) is 23.9 Å². The quantitative estimate of drug-likeness (QED) is 0.829. The highest BCUT2D eigenvalue weighted by Gasteiger charge is 2.32. The largest absolute Gasteiger partial charge is 0.433 e. The number of nitrogens with one attached hydrogen (secondary N) is 1. The van der Waals surface area contributed by atoms with Crippen molar-refractivity contribution >= 4 is 27.5 Å². The highest BCUT2D eigenvalue weighted by Crippen LogP contribution is 2.27. The minimum absolute atomic E-state index is 0.0311. The summed E-state index contributed by atoms with van der Waals surface area (Å²) in [6, 6.07) is 3.52. The smallest absolute Gasteiger partial charge is 0.321 e. The molecule has 2 aromatic heterocycles. The summed E-state index contributed by atoms with van der Waals surface area (Å²) >= 11 is 3.23. The molecule has 1 N–H and O–H groups in total. The highest BCUT2D eigenvalue weighted by atomic mass is 79.9. The fourth-order valence-electron chi connectivity index (χ4n) is 1.53. The third kappa shape index (κ3) is 3.78. The Labute approximate surface area is 126 Å². The molecule has 0 aromatic carbocycles. The van der Waals surface area contributed by atoms with Crippen LogP contribution in [-0.2, 0) is 6.18 Å². The second-order valence-electron chi connectivity index (χ2n) is 4.22. The van der Waals surface area contributed by atoms with E-state index < -0.39 is 17.8 Å². The standard InChI is InChI=1S/C13H9BrF3N3O/c1-7-4-9(6-19-11(7)14)20-12(21)8-2-3-10(18-5-8)13(15,16)17/h2-6H,1H3,(H,20,21). The summed E-state index contributed by atoms with van der Waals surface area (Å²) < 4.78 is 37.8. The summed E-state index contributed by atoms with van der Waals surface area (Å²) in [4.78, 5) is 19.1. The van der Waals surface area contributed by atoms with Gasteiger partial charge in [0, 0.05) is 6.20 Å². The summed E-state index contributed by atoms with van der Waals surface area (Å²) in [5, 5.41) is 2.54. The van der Waals surface area contributed by atoms with Crippen LogP contribution in [0.15, 0.2) is 35.2 Å². The molecule has 1 amide bonds. The monoisotopic (exact) mass is 359 g/mol. The Bertz CT molecular complexity index is 671. The molecule has 0 spiro atoms. The van der Waals surface area contributed by atoms with Crippen LogP contribution in [0.3, 0.4) is 0 Å². The van der Waals surface area contributed by atoms with Gasteiger partial charge in [0.15, 0.2) is 0 Å². The van der Waals surface area contributed by atoms with E-state index in [0.29, 0.717) is 10.3 Å². The van der Waals surface area contributed by atoms with E-state index in [2.05, 4.69) is 31.2 Å². The maximum Gasteiger partial charge on any atom is 0.433 e. The Morgan fingerprint density at radius 2 is 1.95 bits per heavy atom. The zero-order chi connectivity index (χ0) is 15.6. The van der Waals surface area contributed by atoms with Gasteiger partial charge in [-0.3, -0.25) is 9.78 Å². The number of hydrogen-bond donors (Lipinski definition) is 1. The number of pyridine rings is 2. The summed E-state index contributed by atoms with van der Waals surface area (Å²) in [5.41, 5.74) is 0.253. The molecule has 0 saturated carbocycles. The van der Waals surface area contributed by atoms with Gasteiger partial charge in [-0.1, -0.05) is 0 Å². The van der Waals surface area contributed by atoms with Crippen LogP contribution >= 0.6 is 15.9 Å². The Balaban J connectivity index is 2.15. The molecule has 4 nitrogen and oxygen atoms in total. The minimum Gasteiger partial charge on any atom is -0.321 e. The van der Waals surface area contributed by atoms with Gasteiger partial charge in [-0.25, -0.2) is 4.98 Å². The maximum atomic E-state index is 12.4. The predicted octanol–water partition coefficient (Wildman–Crippen LogP) is 3.82. The molecule has 0 atom stereocenters. The molecule has 0 radical (unpaired) electrons. The van der Waals surface area contributed by atoms with Gasteiger partial charge in [-0.15, -0.1) is 0 Å². The van der Waals surface area contributed by atoms with Crippen LogP contribution < -0.4 is 5.32 Å². The molecule has 0 unspecified atom stereocenters. The van der Waals surface area contributed by atoms with Gasteiger partial charge in [-0.2, -0.15) is 13.2 Å². The number of halogens is 4. The number of hydrogen-bond acceptors (Lipinski definition) is 3. The average molecular weight is 360 g/mol. The summed E-state index contributed by atoms with van der Waals surface area (Å²) in [7, 11) is 0. The lowest BCUT2D eigenvalue weighted by Gasteiger charge is -2.08. The first-order chi connectivity index (χ1) is 9.77. The molecule has 0 bridgehead atoms. The molecule has 0 aliphatic rings. The molecule has 0 aliphatic heterocycles. The second-order valence-corrected chi connectivity index (χ2v) is 4.97. The highest BCUT2D eigenvalue weighted by molar-refractivity contribution is 9.10. The lowest BCUT2D eigenvalue weighted by molar-refractivity contribution is -0.141. The predicted molar refractivity (Wildman–Crippen MR) is 73.9 cm³/mol. The molecular formula is C13H9BrF3N3O. The van der Waals surface area contributed by atoms with Crippen LogP contribution in [0.2, 0.25) is 0 Å². The third-order valence-electron chi connectivity index (χ3n) is 2.59. The molecule has 21 heavy (non-hydrogen) atoms. The number of alkyl halides is 3. The molecular weight excluding hydrogens is 351 g/mol. The minimum atomic E-state index is -4.53. The van der Waals surface area contributed by atoms with Gasteiger partial charge in [0.1, 0.15) is 10.3 Å². The average Bonchev–Trinajstić information content (AvgIpc) is 2.42. The summed E-state index contributed by atoms with van der Waals surface area (Å²) in [6.07, 6.45) is -2.20. The molecule has 2 aromatic rings. The van der Waals surface area contributed by atoms with Crippen LogP contribution in [0.25, 0.3) is 0 Å². The maximum absolute atomic E-state index is 12.4. The first kappa shape index (κ1) is 15.4. The van der Waals surface area contributed by atoms with Crippen molar-refractivity contribution in [1.29, 1.82) is 0 Å². The van der Waals surface area contributed by atoms with Crippen molar-refractivity contribution in [1.82, 2.24) is 9.97 Å². The zero-order valence-corrected chi connectivity index (χ0v) is 12.3. The number of carbonyl (C=O) groups is 1. The zero-order valence-electron chi connectivity index (χ0n) is 10.7. The number of nitrogens with zero attached hydrogens (tertiary/aromatic N) is 2. The van der Waals surface area contributed by atoms with Gasteiger partial charge in [0.2, 0.25) is 0 Å². The van der Waals surface area contributed by atoms with Crippen molar-refractivity contribution in [2.45, 2.75) is 13.1 Å². The van der Waals surface area contributed by atoms with Crippen molar-refractivity contribution in [3.05, 3.63) is 52.0 Å². The number of rotatable bonds is 2. The SMILES string of the molecule is Cc1cc(NC(=O)c2ccc(C(F)(F)F)nc2)cnc1Br. The summed E-state index contributed by atoms with van der Waals surface area (Å²) in [5.74, 6) is -0.556.